The molecule has 166 valence electrons. The largest absolute Gasteiger partial charge is 0.378 e. The summed E-state index contributed by atoms with van der Waals surface area (Å²) in [6.45, 7) is 0. The summed E-state index contributed by atoms with van der Waals surface area (Å²) in [6, 6.07) is 15.4. The first-order valence-corrected chi connectivity index (χ1v) is 10.3. The smallest absolute Gasteiger partial charge is 0.293 e. The van der Waals surface area contributed by atoms with E-state index < -0.39 is 10.8 Å². The van der Waals surface area contributed by atoms with Crippen molar-refractivity contribution in [2.75, 3.05) is 5.73 Å². The number of non-ortho nitro benzene ring substituents is 1. The number of amides is 1. The van der Waals surface area contributed by atoms with Crippen LogP contribution in [0.3, 0.4) is 0 Å². The van der Waals surface area contributed by atoms with Gasteiger partial charge in [0.2, 0.25) is 11.6 Å². The van der Waals surface area contributed by atoms with E-state index in [-0.39, 0.29) is 23.0 Å². The molecule has 0 saturated carbocycles. The van der Waals surface area contributed by atoms with Gasteiger partial charge in [0.15, 0.2) is 5.69 Å². The highest BCUT2D eigenvalue weighted by Crippen LogP contribution is 2.25. The number of nitrogens with two attached hydrogens (primary N) is 1. The van der Waals surface area contributed by atoms with Crippen LogP contribution in [0.4, 0.5) is 11.5 Å². The Morgan fingerprint density at radius 2 is 2.06 bits per heavy atom. The molecule has 0 aliphatic heterocycles. The quantitative estimate of drug-likeness (QED) is 0.169. The van der Waals surface area contributed by atoms with Gasteiger partial charge >= 0.3 is 0 Å². The second kappa shape index (κ2) is 9.69. The molecule has 3 N–H and O–H groups in total. The molecule has 2 heterocycles. The van der Waals surface area contributed by atoms with Crippen LogP contribution in [0.5, 0.6) is 0 Å². The number of hydrogen-bond acceptors (Lipinski definition) is 11. The van der Waals surface area contributed by atoms with E-state index >= 15 is 0 Å². The lowest BCUT2D eigenvalue weighted by Crippen LogP contribution is -2.20. The number of aromatic nitrogens is 5. The maximum absolute atomic E-state index is 12.8. The molecule has 4 rings (SSSR count). The van der Waals surface area contributed by atoms with Gasteiger partial charge in [0, 0.05) is 28.3 Å². The summed E-state index contributed by atoms with van der Waals surface area (Å²) < 4.78 is 5.91. The van der Waals surface area contributed by atoms with E-state index in [2.05, 4.69) is 35.8 Å². The third-order valence-electron chi connectivity index (χ3n) is 4.25. The van der Waals surface area contributed by atoms with Crippen LogP contribution >= 0.6 is 11.8 Å². The zero-order valence-electron chi connectivity index (χ0n) is 16.7. The molecule has 0 atom stereocenters. The number of thioether (sulfide) groups is 1. The van der Waals surface area contributed by atoms with Crippen molar-refractivity contribution in [2.45, 2.75) is 10.6 Å². The third kappa shape index (κ3) is 5.01. The molecule has 0 spiro atoms. The number of rotatable bonds is 8. The zero-order chi connectivity index (χ0) is 23.2. The molecule has 0 radical (unpaired) electrons. The van der Waals surface area contributed by atoms with E-state index in [1.54, 1.807) is 6.07 Å². The van der Waals surface area contributed by atoms with Crippen molar-refractivity contribution in [1.29, 1.82) is 0 Å². The van der Waals surface area contributed by atoms with Gasteiger partial charge in [-0.15, -0.1) is 16.9 Å². The Bertz CT molecular complexity index is 1320. The lowest BCUT2D eigenvalue weighted by atomic mass is 10.2. The van der Waals surface area contributed by atoms with Crippen LogP contribution in [0.2, 0.25) is 0 Å². The first-order chi connectivity index (χ1) is 16.0. The number of anilines is 1. The molecule has 0 saturated heterocycles. The molecular formula is C19H15N9O4S. The topological polar surface area (TPSA) is 180 Å². The van der Waals surface area contributed by atoms with Crippen molar-refractivity contribution < 1.29 is 14.3 Å². The summed E-state index contributed by atoms with van der Waals surface area (Å²) in [5.74, 6) is -0.242. The number of nitrogen functional groups attached to an aromatic ring is 1. The normalized spacial score (nSPS) is 11.0. The number of nitro benzene ring substituents is 1. The van der Waals surface area contributed by atoms with Crippen molar-refractivity contribution in [1.82, 2.24) is 30.7 Å². The Morgan fingerprint density at radius 3 is 2.79 bits per heavy atom. The molecule has 0 aliphatic carbocycles. The highest BCUT2D eigenvalue weighted by molar-refractivity contribution is 7.98. The number of nitro groups is 1. The monoisotopic (exact) mass is 465 g/mol. The summed E-state index contributed by atoms with van der Waals surface area (Å²) in [5, 5.41) is 29.9. The van der Waals surface area contributed by atoms with E-state index in [0.717, 1.165) is 4.90 Å². The van der Waals surface area contributed by atoms with Crippen LogP contribution in [0.25, 0.3) is 5.82 Å². The third-order valence-corrected chi connectivity index (χ3v) is 5.28. The van der Waals surface area contributed by atoms with Gasteiger partial charge in [-0.2, -0.15) is 9.78 Å². The fourth-order valence-corrected chi connectivity index (χ4v) is 3.63. The average Bonchev–Trinajstić information content (AvgIpc) is 3.44. The number of nitrogens with zero attached hydrogens (tertiary/aromatic N) is 7. The molecular weight excluding hydrogens is 450 g/mol. The van der Waals surface area contributed by atoms with Gasteiger partial charge < -0.3 is 5.73 Å². The standard InChI is InChI=1S/C19H15N9O4S/c20-17-18(25-32-24-17)27-15(11-33-14-7-2-1-3-8-14)16(22-26-27)19(29)23-21-10-12-5-4-6-13(9-12)28(30)31/h1-10H,11H2,(H2,20,24)(H,23,29)/b21-10-. The maximum Gasteiger partial charge on any atom is 0.293 e. The SMILES string of the molecule is Nc1nonc1-n1nnc(C(=O)N/N=C\c2cccc([N+](=O)[O-])c2)c1CSc1ccccc1. The average molecular weight is 465 g/mol. The summed E-state index contributed by atoms with van der Waals surface area (Å²) >= 11 is 1.45. The van der Waals surface area contributed by atoms with E-state index in [0.29, 0.717) is 17.0 Å². The Labute approximate surface area is 189 Å². The Hall–Kier alpha value is -4.59. The predicted octanol–water partition coefficient (Wildman–Crippen LogP) is 2.20. The van der Waals surface area contributed by atoms with Gasteiger partial charge in [-0.25, -0.2) is 10.1 Å². The van der Waals surface area contributed by atoms with E-state index in [1.165, 1.54) is 40.9 Å². The lowest BCUT2D eigenvalue weighted by Gasteiger charge is -2.05. The second-order valence-corrected chi connectivity index (χ2v) is 7.47. The van der Waals surface area contributed by atoms with Crippen LogP contribution in [0, 0.1) is 10.1 Å². The number of hydrazone groups is 1. The van der Waals surface area contributed by atoms with Crippen molar-refractivity contribution in [3.63, 3.8) is 0 Å². The van der Waals surface area contributed by atoms with Crippen LogP contribution in [-0.2, 0) is 5.75 Å². The molecule has 0 aliphatic rings. The van der Waals surface area contributed by atoms with Crippen LogP contribution < -0.4 is 11.2 Å². The van der Waals surface area contributed by atoms with Gasteiger partial charge in [0.05, 0.1) is 16.8 Å². The zero-order valence-corrected chi connectivity index (χ0v) is 17.5. The van der Waals surface area contributed by atoms with Gasteiger partial charge in [-0.1, -0.05) is 35.5 Å². The number of hydrogen-bond donors (Lipinski definition) is 2. The Balaban J connectivity index is 1.56. The van der Waals surface area contributed by atoms with E-state index in [1.807, 2.05) is 30.3 Å². The molecule has 14 heteroatoms. The molecule has 4 aromatic rings. The minimum Gasteiger partial charge on any atom is -0.378 e. The number of carbonyl (C=O) groups excluding carboxylic acids is 1. The number of carbonyl (C=O) groups is 1. The summed E-state index contributed by atoms with van der Waals surface area (Å²) in [6.07, 6.45) is 1.28. The van der Waals surface area contributed by atoms with Gasteiger partial charge in [0.25, 0.3) is 11.6 Å². The van der Waals surface area contributed by atoms with Gasteiger partial charge in [0.1, 0.15) is 0 Å². The molecule has 13 nitrogen and oxygen atoms in total. The fourth-order valence-electron chi connectivity index (χ4n) is 2.72. The van der Waals surface area contributed by atoms with Crippen molar-refractivity contribution >= 4 is 35.4 Å². The molecule has 33 heavy (non-hydrogen) atoms. The van der Waals surface area contributed by atoms with E-state index in [4.69, 9.17) is 5.73 Å². The number of nitrogens with one attached hydrogen (secondary N) is 1. The highest BCUT2D eigenvalue weighted by atomic mass is 32.2. The summed E-state index contributed by atoms with van der Waals surface area (Å²) in [7, 11) is 0. The molecule has 2 aromatic carbocycles. The summed E-state index contributed by atoms with van der Waals surface area (Å²) in [4.78, 5) is 24.1. The molecule has 1 amide bonds. The number of benzene rings is 2. The van der Waals surface area contributed by atoms with Crippen LogP contribution in [0.15, 0.2) is 69.2 Å². The van der Waals surface area contributed by atoms with Crippen LogP contribution in [-0.4, -0.2) is 42.4 Å². The first kappa shape index (κ1) is 21.6. The van der Waals surface area contributed by atoms with Crippen molar-refractivity contribution in [3.05, 3.63) is 81.7 Å². The van der Waals surface area contributed by atoms with Gasteiger partial charge in [-0.3, -0.25) is 14.9 Å². The lowest BCUT2D eigenvalue weighted by molar-refractivity contribution is -0.384. The highest BCUT2D eigenvalue weighted by Gasteiger charge is 2.24. The molecule has 0 bridgehead atoms. The maximum atomic E-state index is 12.8. The summed E-state index contributed by atoms with van der Waals surface area (Å²) in [5.41, 5.74) is 8.87. The van der Waals surface area contributed by atoms with Gasteiger partial charge in [-0.05, 0) is 22.4 Å². The molecule has 2 aromatic heterocycles. The van der Waals surface area contributed by atoms with Crippen LogP contribution in [0.1, 0.15) is 21.7 Å². The Kier molecular flexibility index (Phi) is 6.36. The van der Waals surface area contributed by atoms with E-state index in [9.17, 15) is 14.9 Å². The first-order valence-electron chi connectivity index (χ1n) is 9.31. The predicted molar refractivity (Wildman–Crippen MR) is 118 cm³/mol. The van der Waals surface area contributed by atoms with Crippen molar-refractivity contribution in [3.8, 4) is 5.82 Å². The fraction of sp³-hybridized carbons (Fsp3) is 0.0526. The Morgan fingerprint density at radius 1 is 1.24 bits per heavy atom. The minimum absolute atomic E-state index is 0.00276. The second-order valence-electron chi connectivity index (χ2n) is 6.42. The molecule has 0 fully saturated rings. The van der Waals surface area contributed by atoms with Crippen molar-refractivity contribution in [2.24, 2.45) is 5.10 Å². The minimum atomic E-state index is -0.637. The molecule has 0 unspecified atom stereocenters.